The van der Waals surface area contributed by atoms with Crippen molar-refractivity contribution in [2.75, 3.05) is 7.11 Å². The molecule has 1 aromatic carbocycles. The summed E-state index contributed by atoms with van der Waals surface area (Å²) >= 11 is 0. The zero-order valence-corrected chi connectivity index (χ0v) is 9.95. The van der Waals surface area contributed by atoms with Gasteiger partial charge in [0.05, 0.1) is 18.9 Å². The number of primary amides is 1. The molecule has 1 amide bonds. The van der Waals surface area contributed by atoms with Crippen molar-refractivity contribution in [1.82, 2.24) is 4.98 Å². The number of benzene rings is 1. The van der Waals surface area contributed by atoms with Gasteiger partial charge in [0, 0.05) is 6.07 Å². The third kappa shape index (κ3) is 2.71. The fourth-order valence-corrected chi connectivity index (χ4v) is 1.44. The monoisotopic (exact) mass is 262 g/mol. The highest BCUT2D eigenvalue weighted by atomic mass is 16.5. The predicted molar refractivity (Wildman–Crippen MR) is 63.3 cm³/mol. The molecule has 7 nitrogen and oxygen atoms in total. The van der Waals surface area contributed by atoms with E-state index >= 15 is 0 Å². The van der Waals surface area contributed by atoms with Crippen LogP contribution in [-0.4, -0.2) is 24.0 Å². The summed E-state index contributed by atoms with van der Waals surface area (Å²) in [6.07, 6.45) is 2.81. The summed E-state index contributed by atoms with van der Waals surface area (Å²) in [5.74, 6) is -1.26. The van der Waals surface area contributed by atoms with E-state index in [2.05, 4.69) is 4.98 Å². The molecule has 0 fully saturated rings. The van der Waals surface area contributed by atoms with Gasteiger partial charge in [-0.1, -0.05) is 0 Å². The van der Waals surface area contributed by atoms with Gasteiger partial charge in [-0.05, 0) is 12.1 Å². The van der Waals surface area contributed by atoms with Gasteiger partial charge in [-0.2, -0.15) is 0 Å². The first kappa shape index (κ1) is 12.6. The highest BCUT2D eigenvalue weighted by Crippen LogP contribution is 2.33. The Morgan fingerprint density at radius 2 is 2.16 bits per heavy atom. The molecule has 2 N–H and O–H groups in total. The van der Waals surface area contributed by atoms with E-state index in [1.807, 2.05) is 0 Å². The number of carbonyl (C=O) groups is 2. The third-order valence-electron chi connectivity index (χ3n) is 2.28. The molecule has 0 atom stereocenters. The predicted octanol–water partition coefficient (Wildman–Crippen LogP) is 0.741. The van der Waals surface area contributed by atoms with Crippen LogP contribution in [-0.2, 0) is 9.59 Å². The third-order valence-corrected chi connectivity index (χ3v) is 2.28. The molecule has 0 aliphatic rings. The molecule has 2 rings (SSSR count). The van der Waals surface area contributed by atoms with Crippen molar-refractivity contribution in [3.05, 3.63) is 30.8 Å². The molecule has 0 spiro atoms. The molecule has 19 heavy (non-hydrogen) atoms. The summed E-state index contributed by atoms with van der Waals surface area (Å²) in [6.45, 7) is 0. The SMILES string of the molecule is COc1cc(OC(=O)C(N)=O)ccc1-c1cnco1. The number of oxazole rings is 1. The Kier molecular flexibility index (Phi) is 3.46. The smallest absolute Gasteiger partial charge is 0.401 e. The normalized spacial score (nSPS) is 9.95. The molecule has 0 radical (unpaired) electrons. The van der Waals surface area contributed by atoms with E-state index in [0.717, 1.165) is 0 Å². The largest absolute Gasteiger partial charge is 0.496 e. The molecule has 1 aromatic heterocycles. The molecule has 98 valence electrons. The molecular weight excluding hydrogens is 252 g/mol. The van der Waals surface area contributed by atoms with Gasteiger partial charge < -0.3 is 19.6 Å². The number of methoxy groups -OCH3 is 1. The van der Waals surface area contributed by atoms with Gasteiger partial charge in [0.15, 0.2) is 12.2 Å². The molecule has 1 heterocycles. The molecule has 0 bridgehead atoms. The van der Waals surface area contributed by atoms with Crippen LogP contribution in [0.2, 0.25) is 0 Å². The average molecular weight is 262 g/mol. The minimum Gasteiger partial charge on any atom is -0.496 e. The van der Waals surface area contributed by atoms with E-state index < -0.39 is 11.9 Å². The van der Waals surface area contributed by atoms with Crippen molar-refractivity contribution in [3.8, 4) is 22.8 Å². The quantitative estimate of drug-likeness (QED) is 0.497. The number of hydrogen-bond acceptors (Lipinski definition) is 6. The van der Waals surface area contributed by atoms with Crippen LogP contribution in [0.3, 0.4) is 0 Å². The number of ether oxygens (including phenoxy) is 2. The lowest BCUT2D eigenvalue weighted by Gasteiger charge is -2.08. The second kappa shape index (κ2) is 5.21. The van der Waals surface area contributed by atoms with E-state index in [-0.39, 0.29) is 5.75 Å². The first-order valence-corrected chi connectivity index (χ1v) is 5.20. The highest BCUT2D eigenvalue weighted by Gasteiger charge is 2.15. The summed E-state index contributed by atoms with van der Waals surface area (Å²) in [5, 5.41) is 0. The minimum absolute atomic E-state index is 0.143. The molecule has 2 aromatic rings. The summed E-state index contributed by atoms with van der Waals surface area (Å²) in [4.78, 5) is 25.5. The Balaban J connectivity index is 2.31. The van der Waals surface area contributed by atoms with Gasteiger partial charge in [-0.3, -0.25) is 4.79 Å². The standard InChI is InChI=1S/C12H10N2O5/c1-17-9-4-7(19-12(16)11(13)15)2-3-8(9)10-5-14-6-18-10/h2-6H,1H3,(H2,13,15). The summed E-state index contributed by atoms with van der Waals surface area (Å²) in [5.41, 5.74) is 5.43. The number of esters is 1. The molecule has 0 unspecified atom stereocenters. The lowest BCUT2D eigenvalue weighted by Crippen LogP contribution is -2.27. The Labute approximate surface area is 107 Å². The number of nitrogens with zero attached hydrogens (tertiary/aromatic N) is 1. The topological polar surface area (TPSA) is 105 Å². The maximum atomic E-state index is 11.1. The maximum absolute atomic E-state index is 11.1. The van der Waals surface area contributed by atoms with Crippen LogP contribution < -0.4 is 15.2 Å². The Hall–Kier alpha value is -2.83. The summed E-state index contributed by atoms with van der Waals surface area (Å²) in [7, 11) is 1.45. The zero-order valence-electron chi connectivity index (χ0n) is 9.95. The molecule has 0 aliphatic carbocycles. The van der Waals surface area contributed by atoms with Crippen molar-refractivity contribution >= 4 is 11.9 Å². The van der Waals surface area contributed by atoms with Crippen molar-refractivity contribution in [2.24, 2.45) is 5.73 Å². The molecule has 0 aliphatic heterocycles. The van der Waals surface area contributed by atoms with Crippen molar-refractivity contribution in [3.63, 3.8) is 0 Å². The Bertz CT molecular complexity index is 607. The van der Waals surface area contributed by atoms with Crippen LogP contribution in [0.25, 0.3) is 11.3 Å². The van der Waals surface area contributed by atoms with Crippen LogP contribution in [0.5, 0.6) is 11.5 Å². The fraction of sp³-hybridized carbons (Fsp3) is 0.0833. The maximum Gasteiger partial charge on any atom is 0.401 e. The van der Waals surface area contributed by atoms with E-state index in [1.165, 1.54) is 31.8 Å². The summed E-state index contributed by atoms with van der Waals surface area (Å²) < 4.78 is 15.1. The van der Waals surface area contributed by atoms with Crippen molar-refractivity contribution in [2.45, 2.75) is 0 Å². The number of nitrogens with two attached hydrogens (primary N) is 1. The second-order valence-corrected chi connectivity index (χ2v) is 3.48. The minimum atomic E-state index is -1.17. The Morgan fingerprint density at radius 3 is 2.74 bits per heavy atom. The molecule has 7 heteroatoms. The van der Waals surface area contributed by atoms with Crippen molar-refractivity contribution < 1.29 is 23.5 Å². The number of amides is 1. The molecule has 0 saturated heterocycles. The molecular formula is C12H10N2O5. The van der Waals surface area contributed by atoms with Crippen LogP contribution in [0.4, 0.5) is 0 Å². The van der Waals surface area contributed by atoms with Gasteiger partial charge in [-0.15, -0.1) is 0 Å². The van der Waals surface area contributed by atoms with E-state index in [0.29, 0.717) is 17.1 Å². The second-order valence-electron chi connectivity index (χ2n) is 3.48. The van der Waals surface area contributed by atoms with Gasteiger partial charge in [-0.25, -0.2) is 9.78 Å². The molecule has 0 saturated carbocycles. The number of hydrogen-bond donors (Lipinski definition) is 1. The lowest BCUT2D eigenvalue weighted by atomic mass is 10.1. The average Bonchev–Trinajstić information content (AvgIpc) is 2.92. The Morgan fingerprint density at radius 1 is 1.37 bits per heavy atom. The first-order valence-electron chi connectivity index (χ1n) is 5.20. The highest BCUT2D eigenvalue weighted by molar-refractivity contribution is 6.32. The van der Waals surface area contributed by atoms with Crippen molar-refractivity contribution in [1.29, 1.82) is 0 Å². The van der Waals surface area contributed by atoms with Gasteiger partial charge in [0.1, 0.15) is 11.5 Å². The van der Waals surface area contributed by atoms with Gasteiger partial charge in [0.25, 0.3) is 0 Å². The van der Waals surface area contributed by atoms with Crippen LogP contribution in [0.1, 0.15) is 0 Å². The van der Waals surface area contributed by atoms with Crippen LogP contribution in [0, 0.1) is 0 Å². The lowest BCUT2D eigenvalue weighted by molar-refractivity contribution is -0.146. The van der Waals surface area contributed by atoms with Crippen LogP contribution >= 0.6 is 0 Å². The van der Waals surface area contributed by atoms with Gasteiger partial charge in [0.2, 0.25) is 0 Å². The van der Waals surface area contributed by atoms with Crippen LogP contribution in [0.15, 0.2) is 35.2 Å². The number of rotatable bonds is 3. The van der Waals surface area contributed by atoms with E-state index in [4.69, 9.17) is 19.6 Å². The number of carbonyl (C=O) groups excluding carboxylic acids is 2. The first-order chi connectivity index (χ1) is 9.11. The number of aromatic nitrogens is 1. The zero-order chi connectivity index (χ0) is 13.8. The fourth-order valence-electron chi connectivity index (χ4n) is 1.44. The van der Waals surface area contributed by atoms with E-state index in [9.17, 15) is 9.59 Å². The van der Waals surface area contributed by atoms with E-state index in [1.54, 1.807) is 6.07 Å². The van der Waals surface area contributed by atoms with Gasteiger partial charge >= 0.3 is 11.9 Å². The summed E-state index contributed by atoms with van der Waals surface area (Å²) in [6, 6.07) is 4.54.